The predicted molar refractivity (Wildman–Crippen MR) is 62.6 cm³/mol. The van der Waals surface area contributed by atoms with Gasteiger partial charge in [-0.1, -0.05) is 13.8 Å². The van der Waals surface area contributed by atoms with Gasteiger partial charge in [-0.2, -0.15) is 0 Å². The van der Waals surface area contributed by atoms with Crippen LogP contribution in [-0.2, 0) is 0 Å². The smallest absolute Gasteiger partial charge is 0.508 e. The van der Waals surface area contributed by atoms with Gasteiger partial charge in [0.2, 0.25) is 0 Å². The van der Waals surface area contributed by atoms with E-state index in [0.29, 0.717) is 0 Å². The van der Waals surface area contributed by atoms with Crippen molar-refractivity contribution in [3.8, 4) is 11.5 Å². The van der Waals surface area contributed by atoms with Crippen LogP contribution in [-0.4, -0.2) is 22.7 Å². The highest BCUT2D eigenvalue weighted by atomic mass is 19.4. The number of ether oxygens (including phenoxy) is 1. The number of alkyl halides is 3. The summed E-state index contributed by atoms with van der Waals surface area (Å²) in [7, 11) is 0. The SMILES string of the molecule is CC(C)[C@H](O)[C@H](N)c1cc(OC(F)(F)F)ccc1O. The van der Waals surface area contributed by atoms with Gasteiger partial charge in [-0.05, 0) is 24.1 Å². The molecular weight excluding hydrogens is 263 g/mol. The van der Waals surface area contributed by atoms with Crippen molar-refractivity contribution in [3.63, 3.8) is 0 Å². The lowest BCUT2D eigenvalue weighted by molar-refractivity contribution is -0.274. The number of hydrogen-bond donors (Lipinski definition) is 3. The van der Waals surface area contributed by atoms with Gasteiger partial charge in [-0.25, -0.2) is 0 Å². The molecule has 0 radical (unpaired) electrons. The summed E-state index contributed by atoms with van der Waals surface area (Å²) >= 11 is 0. The fourth-order valence-corrected chi connectivity index (χ4v) is 1.60. The second kappa shape index (κ2) is 5.66. The lowest BCUT2D eigenvalue weighted by atomic mass is 9.94. The highest BCUT2D eigenvalue weighted by molar-refractivity contribution is 5.41. The molecule has 0 aromatic heterocycles. The van der Waals surface area contributed by atoms with Crippen molar-refractivity contribution in [2.75, 3.05) is 0 Å². The second-order valence-electron chi connectivity index (χ2n) is 4.53. The Morgan fingerprint density at radius 3 is 2.32 bits per heavy atom. The quantitative estimate of drug-likeness (QED) is 0.790. The van der Waals surface area contributed by atoms with Gasteiger partial charge >= 0.3 is 6.36 Å². The number of phenols is 1. The van der Waals surface area contributed by atoms with Gasteiger partial charge in [0.15, 0.2) is 0 Å². The zero-order valence-electron chi connectivity index (χ0n) is 10.5. The maximum atomic E-state index is 12.1. The number of aliphatic hydroxyl groups is 1. The minimum absolute atomic E-state index is 0.00273. The molecule has 0 saturated carbocycles. The van der Waals surface area contributed by atoms with E-state index in [1.54, 1.807) is 13.8 Å². The first kappa shape index (κ1) is 15.6. The first-order chi connectivity index (χ1) is 8.61. The highest BCUT2D eigenvalue weighted by Crippen LogP contribution is 2.32. The minimum Gasteiger partial charge on any atom is -0.508 e. The maximum Gasteiger partial charge on any atom is 0.573 e. The fraction of sp³-hybridized carbons (Fsp3) is 0.500. The molecule has 108 valence electrons. The van der Waals surface area contributed by atoms with E-state index in [4.69, 9.17) is 5.73 Å². The molecule has 4 nitrogen and oxygen atoms in total. The first-order valence-corrected chi connectivity index (χ1v) is 5.64. The van der Waals surface area contributed by atoms with Crippen molar-refractivity contribution in [1.82, 2.24) is 0 Å². The Hall–Kier alpha value is -1.47. The number of aromatic hydroxyl groups is 1. The van der Waals surface area contributed by atoms with E-state index < -0.39 is 24.3 Å². The third-order valence-corrected chi connectivity index (χ3v) is 2.64. The Labute approximate surface area is 108 Å². The molecule has 19 heavy (non-hydrogen) atoms. The van der Waals surface area contributed by atoms with E-state index in [1.165, 1.54) is 0 Å². The summed E-state index contributed by atoms with van der Waals surface area (Å²) < 4.78 is 40.0. The average molecular weight is 279 g/mol. The third kappa shape index (κ3) is 4.29. The summed E-state index contributed by atoms with van der Waals surface area (Å²) in [6, 6.07) is 1.99. The summed E-state index contributed by atoms with van der Waals surface area (Å²) in [4.78, 5) is 0. The number of hydrogen-bond acceptors (Lipinski definition) is 4. The monoisotopic (exact) mass is 279 g/mol. The molecule has 0 heterocycles. The van der Waals surface area contributed by atoms with Crippen molar-refractivity contribution >= 4 is 0 Å². The van der Waals surface area contributed by atoms with E-state index in [0.717, 1.165) is 18.2 Å². The second-order valence-corrected chi connectivity index (χ2v) is 4.53. The largest absolute Gasteiger partial charge is 0.573 e. The lowest BCUT2D eigenvalue weighted by Gasteiger charge is -2.23. The van der Waals surface area contributed by atoms with E-state index in [2.05, 4.69) is 4.74 Å². The van der Waals surface area contributed by atoms with Crippen LogP contribution in [0.1, 0.15) is 25.5 Å². The first-order valence-electron chi connectivity index (χ1n) is 5.64. The maximum absolute atomic E-state index is 12.1. The Morgan fingerprint density at radius 2 is 1.84 bits per heavy atom. The summed E-state index contributed by atoms with van der Waals surface area (Å²) in [6.07, 6.45) is -5.82. The highest BCUT2D eigenvalue weighted by Gasteiger charge is 2.32. The number of halogens is 3. The van der Waals surface area contributed by atoms with Crippen molar-refractivity contribution in [2.45, 2.75) is 32.4 Å². The predicted octanol–water partition coefficient (Wildman–Crippen LogP) is 2.31. The number of nitrogens with two attached hydrogens (primary N) is 1. The number of aliphatic hydroxyl groups excluding tert-OH is 1. The van der Waals surface area contributed by atoms with E-state index in [1.807, 2.05) is 0 Å². The van der Waals surface area contributed by atoms with Gasteiger partial charge in [0.05, 0.1) is 12.1 Å². The topological polar surface area (TPSA) is 75.7 Å². The fourth-order valence-electron chi connectivity index (χ4n) is 1.60. The van der Waals surface area contributed by atoms with Crippen LogP contribution < -0.4 is 10.5 Å². The van der Waals surface area contributed by atoms with Gasteiger partial charge in [0, 0.05) is 5.56 Å². The number of rotatable bonds is 4. The zero-order valence-corrected chi connectivity index (χ0v) is 10.5. The molecule has 1 aromatic rings. The molecule has 7 heteroatoms. The van der Waals surface area contributed by atoms with Crippen molar-refractivity contribution < 1.29 is 28.1 Å². The normalized spacial score (nSPS) is 15.4. The number of benzene rings is 1. The molecule has 2 atom stereocenters. The van der Waals surface area contributed by atoms with Crippen molar-refractivity contribution in [3.05, 3.63) is 23.8 Å². The van der Waals surface area contributed by atoms with Crippen LogP contribution in [0.3, 0.4) is 0 Å². The average Bonchev–Trinajstić information content (AvgIpc) is 2.27. The summed E-state index contributed by atoms with van der Waals surface area (Å²) in [5.41, 5.74) is 5.73. The Balaban J connectivity index is 3.03. The molecular formula is C12H16F3NO3. The van der Waals surface area contributed by atoms with Gasteiger partial charge in [-0.3, -0.25) is 0 Å². The molecule has 0 saturated heterocycles. The summed E-state index contributed by atoms with van der Waals surface area (Å²) in [5, 5.41) is 19.4. The van der Waals surface area contributed by atoms with Crippen LogP contribution in [0.15, 0.2) is 18.2 Å². The Kier molecular flexibility index (Phi) is 4.65. The van der Waals surface area contributed by atoms with E-state index in [9.17, 15) is 23.4 Å². The molecule has 0 aliphatic heterocycles. The molecule has 0 unspecified atom stereocenters. The van der Waals surface area contributed by atoms with Crippen LogP contribution in [0.25, 0.3) is 0 Å². The van der Waals surface area contributed by atoms with Crippen LogP contribution in [0.4, 0.5) is 13.2 Å². The Bertz CT molecular complexity index is 435. The van der Waals surface area contributed by atoms with Crippen LogP contribution in [0, 0.1) is 5.92 Å². The molecule has 0 aliphatic rings. The van der Waals surface area contributed by atoms with Crippen LogP contribution >= 0.6 is 0 Å². The van der Waals surface area contributed by atoms with Crippen molar-refractivity contribution in [2.24, 2.45) is 11.7 Å². The minimum atomic E-state index is -4.82. The van der Waals surface area contributed by atoms with Crippen molar-refractivity contribution in [1.29, 1.82) is 0 Å². The van der Waals surface area contributed by atoms with Gasteiger partial charge in [-0.15, -0.1) is 13.2 Å². The third-order valence-electron chi connectivity index (χ3n) is 2.64. The van der Waals surface area contributed by atoms with Gasteiger partial charge in [0.25, 0.3) is 0 Å². The zero-order chi connectivity index (χ0) is 14.8. The van der Waals surface area contributed by atoms with Crippen LogP contribution in [0.5, 0.6) is 11.5 Å². The molecule has 1 aromatic carbocycles. The Morgan fingerprint density at radius 1 is 1.26 bits per heavy atom. The summed E-state index contributed by atoms with van der Waals surface area (Å²) in [6.45, 7) is 3.41. The van der Waals surface area contributed by atoms with Gasteiger partial charge in [0.1, 0.15) is 11.5 Å². The standard InChI is InChI=1S/C12H16F3NO3/c1-6(2)11(18)10(16)8-5-7(3-4-9(8)17)19-12(13,14)15/h3-6,10-11,17-18H,16H2,1-2H3/t10-,11+/m1/s1. The molecule has 4 N–H and O–H groups in total. The van der Waals surface area contributed by atoms with E-state index >= 15 is 0 Å². The van der Waals surface area contributed by atoms with E-state index in [-0.39, 0.29) is 17.2 Å². The molecule has 0 bridgehead atoms. The van der Waals surface area contributed by atoms with Gasteiger partial charge < -0.3 is 20.7 Å². The molecule has 0 amide bonds. The molecule has 0 spiro atoms. The summed E-state index contributed by atoms with van der Waals surface area (Å²) in [5.74, 6) is -0.991. The molecule has 0 fully saturated rings. The lowest BCUT2D eigenvalue weighted by Crippen LogP contribution is -2.30. The molecule has 1 rings (SSSR count). The number of phenolic OH excluding ortho intramolecular Hbond substituents is 1. The van der Waals surface area contributed by atoms with Crippen LogP contribution in [0.2, 0.25) is 0 Å². The molecule has 0 aliphatic carbocycles.